The molecule has 0 fully saturated rings. The van der Waals surface area contributed by atoms with Crippen LogP contribution in [0, 0.1) is 5.82 Å². The number of hydrogen-bond donors (Lipinski definition) is 0. The molecule has 0 atom stereocenters. The predicted molar refractivity (Wildman–Crippen MR) is 70.1 cm³/mol. The molecule has 0 saturated heterocycles. The van der Waals surface area contributed by atoms with Crippen molar-refractivity contribution in [2.75, 3.05) is 5.75 Å². The lowest BCUT2D eigenvalue weighted by Gasteiger charge is -2.04. The molecule has 0 aliphatic carbocycles. The number of carbonyl (C=O) groups is 1. The zero-order valence-electron chi connectivity index (χ0n) is 9.10. The zero-order valence-corrected chi connectivity index (χ0v) is 9.91. The second kappa shape index (κ2) is 5.64. The highest BCUT2D eigenvalue weighted by Crippen LogP contribution is 2.20. The van der Waals surface area contributed by atoms with E-state index in [2.05, 4.69) is 6.08 Å². The number of halogens is 1. The van der Waals surface area contributed by atoms with Gasteiger partial charge in [0, 0.05) is 11.3 Å². The Morgan fingerprint density at radius 2 is 2.06 bits per heavy atom. The van der Waals surface area contributed by atoms with Crippen molar-refractivity contribution in [1.29, 1.82) is 0 Å². The van der Waals surface area contributed by atoms with E-state index in [9.17, 15) is 9.18 Å². The van der Waals surface area contributed by atoms with Crippen molar-refractivity contribution in [3.05, 3.63) is 64.9 Å². The molecule has 86 valence electrons. The quantitative estimate of drug-likeness (QED) is 0.599. The Balaban J connectivity index is 2.30. The predicted octanol–water partition coefficient (Wildman–Crippen LogP) is 3.59. The molecule has 0 radical (unpaired) electrons. The molecular weight excluding hydrogens is 235 g/mol. The molecule has 1 aromatic carbocycles. The minimum atomic E-state index is -0.299. The summed E-state index contributed by atoms with van der Waals surface area (Å²) in [6, 6.07) is 5.93. The Morgan fingerprint density at radius 1 is 1.29 bits per heavy atom. The lowest BCUT2D eigenvalue weighted by atomic mass is 10.0. The van der Waals surface area contributed by atoms with E-state index in [4.69, 9.17) is 0 Å². The van der Waals surface area contributed by atoms with E-state index in [0.717, 1.165) is 23.2 Å². The van der Waals surface area contributed by atoms with Gasteiger partial charge in [0.1, 0.15) is 5.82 Å². The molecule has 2 rings (SSSR count). The van der Waals surface area contributed by atoms with Gasteiger partial charge in [-0.3, -0.25) is 4.79 Å². The van der Waals surface area contributed by atoms with Crippen molar-refractivity contribution >= 4 is 23.6 Å². The maximum atomic E-state index is 12.8. The summed E-state index contributed by atoms with van der Waals surface area (Å²) < 4.78 is 12.8. The van der Waals surface area contributed by atoms with Gasteiger partial charge in [-0.05, 0) is 40.8 Å². The number of hydrogen-bond acceptors (Lipinski definition) is 2. The third-order valence-corrected chi connectivity index (χ3v) is 3.09. The van der Waals surface area contributed by atoms with E-state index < -0.39 is 0 Å². The second-order valence-electron chi connectivity index (χ2n) is 3.56. The molecule has 0 unspecified atom stereocenters. The third kappa shape index (κ3) is 3.17. The Kier molecular flexibility index (Phi) is 3.94. The van der Waals surface area contributed by atoms with Gasteiger partial charge in [0.25, 0.3) is 0 Å². The van der Waals surface area contributed by atoms with Gasteiger partial charge >= 0.3 is 0 Å². The minimum Gasteiger partial charge on any atom is -0.298 e. The molecule has 1 heterocycles. The van der Waals surface area contributed by atoms with E-state index in [1.165, 1.54) is 12.1 Å². The van der Waals surface area contributed by atoms with Crippen LogP contribution in [0.3, 0.4) is 0 Å². The fourth-order valence-electron chi connectivity index (χ4n) is 1.51. The number of benzene rings is 1. The lowest BCUT2D eigenvalue weighted by Crippen LogP contribution is -1.89. The molecule has 0 aromatic heterocycles. The summed E-state index contributed by atoms with van der Waals surface area (Å²) in [5.41, 5.74) is 2.30. The van der Waals surface area contributed by atoms with Crippen LogP contribution in [0.15, 0.2) is 53.5 Å². The van der Waals surface area contributed by atoms with Crippen LogP contribution in [0.2, 0.25) is 0 Å². The Labute approximate surface area is 104 Å². The average Bonchev–Trinajstić information content (AvgIpc) is 2.38. The monoisotopic (exact) mass is 246 g/mol. The first kappa shape index (κ1) is 11.9. The van der Waals surface area contributed by atoms with Gasteiger partial charge in [0.2, 0.25) is 0 Å². The normalized spacial score (nSPS) is 15.6. The first-order valence-corrected chi connectivity index (χ1v) is 6.25. The van der Waals surface area contributed by atoms with Crippen molar-refractivity contribution in [3.63, 3.8) is 0 Å². The maximum Gasteiger partial charge on any atom is 0.150 e. The average molecular weight is 246 g/mol. The van der Waals surface area contributed by atoms with Crippen LogP contribution in [-0.2, 0) is 4.79 Å². The molecular formula is C14H11FOS. The molecule has 17 heavy (non-hydrogen) atoms. The van der Waals surface area contributed by atoms with Crippen LogP contribution < -0.4 is 0 Å². The fraction of sp³-hybridized carbons (Fsp3) is 0.0714. The van der Waals surface area contributed by atoms with Gasteiger partial charge < -0.3 is 0 Å². The summed E-state index contributed by atoms with van der Waals surface area (Å²) in [7, 11) is 0. The molecule has 3 heteroatoms. The highest BCUT2D eigenvalue weighted by Gasteiger charge is 2.02. The molecule has 0 saturated carbocycles. The fourth-order valence-corrected chi connectivity index (χ4v) is 2.16. The Bertz CT molecular complexity index is 497. The maximum absolute atomic E-state index is 12.8. The smallest absolute Gasteiger partial charge is 0.150 e. The van der Waals surface area contributed by atoms with E-state index in [-0.39, 0.29) is 5.82 Å². The summed E-state index contributed by atoms with van der Waals surface area (Å²) in [5, 5.41) is 2.00. The van der Waals surface area contributed by atoms with Crippen LogP contribution in [0.1, 0.15) is 5.56 Å². The van der Waals surface area contributed by atoms with Crippen molar-refractivity contribution in [3.8, 4) is 0 Å². The summed E-state index contributed by atoms with van der Waals surface area (Å²) in [6.45, 7) is 0. The lowest BCUT2D eigenvalue weighted by molar-refractivity contribution is -0.103. The van der Waals surface area contributed by atoms with E-state index in [0.29, 0.717) is 5.57 Å². The Morgan fingerprint density at radius 3 is 2.65 bits per heavy atom. The standard InChI is InChI=1S/C14H11FOS/c15-14-3-1-12(2-4-14)13(10-16)9-11-5-7-17-8-6-11/h1-7,9-10H,8H2/b13-9+. The largest absolute Gasteiger partial charge is 0.298 e. The van der Waals surface area contributed by atoms with E-state index in [1.54, 1.807) is 23.9 Å². The topological polar surface area (TPSA) is 17.1 Å². The third-order valence-electron chi connectivity index (χ3n) is 2.40. The van der Waals surface area contributed by atoms with Crippen LogP contribution in [0.4, 0.5) is 4.39 Å². The highest BCUT2D eigenvalue weighted by molar-refractivity contribution is 8.02. The SMILES string of the molecule is O=C/C(=C\C1=CCSC=C1)c1ccc(F)cc1. The first-order valence-electron chi connectivity index (χ1n) is 5.21. The zero-order chi connectivity index (χ0) is 12.1. The van der Waals surface area contributed by atoms with Crippen molar-refractivity contribution < 1.29 is 9.18 Å². The number of carbonyl (C=O) groups excluding carboxylic acids is 1. The van der Waals surface area contributed by atoms with E-state index >= 15 is 0 Å². The van der Waals surface area contributed by atoms with Gasteiger partial charge in [-0.1, -0.05) is 18.2 Å². The van der Waals surface area contributed by atoms with Crippen molar-refractivity contribution in [1.82, 2.24) is 0 Å². The molecule has 0 amide bonds. The second-order valence-corrected chi connectivity index (χ2v) is 4.50. The number of allylic oxidation sites excluding steroid dienone is 4. The van der Waals surface area contributed by atoms with Gasteiger partial charge in [-0.2, -0.15) is 0 Å². The van der Waals surface area contributed by atoms with Gasteiger partial charge in [-0.15, -0.1) is 11.8 Å². The molecule has 1 aromatic rings. The molecule has 0 bridgehead atoms. The summed E-state index contributed by atoms with van der Waals surface area (Å²) in [5.74, 6) is 0.616. The molecule has 0 N–H and O–H groups in total. The van der Waals surface area contributed by atoms with Crippen LogP contribution >= 0.6 is 11.8 Å². The molecule has 1 aliphatic rings. The molecule has 1 nitrogen and oxygen atoms in total. The van der Waals surface area contributed by atoms with Gasteiger partial charge in [-0.25, -0.2) is 4.39 Å². The summed E-state index contributed by atoms with van der Waals surface area (Å²) >= 11 is 1.71. The molecule has 0 spiro atoms. The van der Waals surface area contributed by atoms with Crippen molar-refractivity contribution in [2.45, 2.75) is 0 Å². The van der Waals surface area contributed by atoms with Gasteiger partial charge in [0.15, 0.2) is 6.29 Å². The highest BCUT2D eigenvalue weighted by atomic mass is 32.2. The summed E-state index contributed by atoms with van der Waals surface area (Å²) in [4.78, 5) is 11.0. The van der Waals surface area contributed by atoms with Gasteiger partial charge in [0.05, 0.1) is 0 Å². The number of aldehydes is 1. The summed E-state index contributed by atoms with van der Waals surface area (Å²) in [6.07, 6.45) is 6.62. The van der Waals surface area contributed by atoms with Crippen LogP contribution in [0.25, 0.3) is 5.57 Å². The van der Waals surface area contributed by atoms with Crippen LogP contribution in [-0.4, -0.2) is 12.0 Å². The van der Waals surface area contributed by atoms with Crippen LogP contribution in [0.5, 0.6) is 0 Å². The number of thioether (sulfide) groups is 1. The minimum absolute atomic E-state index is 0.299. The molecule has 1 aliphatic heterocycles. The Hall–Kier alpha value is -1.61. The van der Waals surface area contributed by atoms with E-state index in [1.807, 2.05) is 17.6 Å². The van der Waals surface area contributed by atoms with Crippen molar-refractivity contribution in [2.24, 2.45) is 0 Å². The number of rotatable bonds is 3. The first-order chi connectivity index (χ1) is 8.29.